The second-order valence-electron chi connectivity index (χ2n) is 5.80. The first kappa shape index (κ1) is 10.8. The van der Waals surface area contributed by atoms with Crippen LogP contribution in [0.15, 0.2) is 24.3 Å². The third-order valence-corrected chi connectivity index (χ3v) is 3.97. The predicted molar refractivity (Wildman–Crippen MR) is 67.9 cm³/mol. The van der Waals surface area contributed by atoms with Crippen molar-refractivity contribution in [1.29, 1.82) is 0 Å². The number of benzene rings is 1. The third kappa shape index (κ3) is 2.36. The van der Waals surface area contributed by atoms with E-state index in [0.717, 1.165) is 18.8 Å². The van der Waals surface area contributed by atoms with Crippen molar-refractivity contribution in [2.75, 3.05) is 0 Å². The van der Waals surface area contributed by atoms with E-state index in [2.05, 4.69) is 36.5 Å². The lowest BCUT2D eigenvalue weighted by Gasteiger charge is -2.24. The van der Waals surface area contributed by atoms with Crippen LogP contribution >= 0.6 is 0 Å². The van der Waals surface area contributed by atoms with Crippen LogP contribution in [0.25, 0.3) is 0 Å². The first-order chi connectivity index (χ1) is 8.15. The van der Waals surface area contributed by atoms with Gasteiger partial charge in [0.2, 0.25) is 5.91 Å². The molecule has 1 atom stereocenters. The molecule has 1 N–H and O–H groups in total. The lowest BCUT2D eigenvalue weighted by molar-refractivity contribution is -0.119. The SMILES string of the molecule is CC1(Cc2ccc(C3CC3)cc2)CCC(=O)N1. The van der Waals surface area contributed by atoms with Crippen molar-refractivity contribution >= 4 is 5.91 Å². The van der Waals surface area contributed by atoms with Gasteiger partial charge in [-0.15, -0.1) is 0 Å². The van der Waals surface area contributed by atoms with Gasteiger partial charge in [0, 0.05) is 12.0 Å². The van der Waals surface area contributed by atoms with Gasteiger partial charge in [-0.05, 0) is 49.7 Å². The summed E-state index contributed by atoms with van der Waals surface area (Å²) in [5.74, 6) is 1.02. The Balaban J connectivity index is 1.70. The van der Waals surface area contributed by atoms with Crippen LogP contribution in [0.1, 0.15) is 49.7 Å². The van der Waals surface area contributed by atoms with E-state index in [4.69, 9.17) is 0 Å². The van der Waals surface area contributed by atoms with Crippen molar-refractivity contribution in [1.82, 2.24) is 5.32 Å². The number of hydrogen-bond donors (Lipinski definition) is 1. The molecule has 1 saturated heterocycles. The molecule has 17 heavy (non-hydrogen) atoms. The summed E-state index contributed by atoms with van der Waals surface area (Å²) >= 11 is 0. The topological polar surface area (TPSA) is 29.1 Å². The van der Waals surface area contributed by atoms with Crippen molar-refractivity contribution in [3.05, 3.63) is 35.4 Å². The minimum absolute atomic E-state index is 0.0296. The van der Waals surface area contributed by atoms with Gasteiger partial charge in [0.15, 0.2) is 0 Å². The molecule has 0 bridgehead atoms. The molecule has 1 aromatic rings. The Morgan fingerprint density at radius 2 is 2.00 bits per heavy atom. The van der Waals surface area contributed by atoms with E-state index in [0.29, 0.717) is 6.42 Å². The smallest absolute Gasteiger partial charge is 0.220 e. The second kappa shape index (κ2) is 3.86. The highest BCUT2D eigenvalue weighted by Crippen LogP contribution is 2.40. The van der Waals surface area contributed by atoms with Crippen molar-refractivity contribution in [2.24, 2.45) is 0 Å². The van der Waals surface area contributed by atoms with Crippen LogP contribution in [0.2, 0.25) is 0 Å². The minimum atomic E-state index is -0.0296. The van der Waals surface area contributed by atoms with E-state index < -0.39 is 0 Å². The van der Waals surface area contributed by atoms with Gasteiger partial charge < -0.3 is 5.32 Å². The van der Waals surface area contributed by atoms with Gasteiger partial charge in [-0.3, -0.25) is 4.79 Å². The number of hydrogen-bond acceptors (Lipinski definition) is 1. The summed E-state index contributed by atoms with van der Waals surface area (Å²) in [6.07, 6.45) is 5.29. The summed E-state index contributed by atoms with van der Waals surface area (Å²) in [5, 5.41) is 3.09. The fourth-order valence-electron chi connectivity index (χ4n) is 2.76. The lowest BCUT2D eigenvalue weighted by Crippen LogP contribution is -2.40. The molecule has 0 spiro atoms. The quantitative estimate of drug-likeness (QED) is 0.848. The van der Waals surface area contributed by atoms with Gasteiger partial charge in [-0.25, -0.2) is 0 Å². The van der Waals surface area contributed by atoms with E-state index >= 15 is 0 Å². The zero-order valence-corrected chi connectivity index (χ0v) is 10.3. The Labute approximate surface area is 102 Å². The van der Waals surface area contributed by atoms with Gasteiger partial charge in [0.25, 0.3) is 0 Å². The lowest BCUT2D eigenvalue weighted by atomic mass is 9.91. The molecule has 3 rings (SSSR count). The largest absolute Gasteiger partial charge is 0.351 e. The summed E-state index contributed by atoms with van der Waals surface area (Å²) < 4.78 is 0. The summed E-state index contributed by atoms with van der Waals surface area (Å²) in [4.78, 5) is 11.3. The molecule has 1 heterocycles. The van der Waals surface area contributed by atoms with Crippen LogP contribution in [0.5, 0.6) is 0 Å². The van der Waals surface area contributed by atoms with E-state index in [-0.39, 0.29) is 11.4 Å². The maximum Gasteiger partial charge on any atom is 0.220 e. The number of carbonyl (C=O) groups excluding carboxylic acids is 1. The predicted octanol–water partition coefficient (Wildman–Crippen LogP) is 2.78. The highest BCUT2D eigenvalue weighted by Gasteiger charge is 2.33. The Bertz CT molecular complexity index is 433. The van der Waals surface area contributed by atoms with E-state index in [1.165, 1.54) is 24.0 Å². The van der Waals surface area contributed by atoms with Gasteiger partial charge in [0.05, 0.1) is 0 Å². The highest BCUT2D eigenvalue weighted by atomic mass is 16.2. The Kier molecular flexibility index (Phi) is 2.46. The zero-order valence-electron chi connectivity index (χ0n) is 10.3. The molecule has 1 aliphatic heterocycles. The average molecular weight is 229 g/mol. The number of carbonyl (C=O) groups is 1. The summed E-state index contributed by atoms with van der Waals surface area (Å²) in [7, 11) is 0. The van der Waals surface area contributed by atoms with Crippen LogP contribution in [0.4, 0.5) is 0 Å². The number of rotatable bonds is 3. The normalized spacial score (nSPS) is 28.2. The molecule has 0 aromatic heterocycles. The fraction of sp³-hybridized carbons (Fsp3) is 0.533. The van der Waals surface area contributed by atoms with Crippen molar-refractivity contribution in [2.45, 2.75) is 50.5 Å². The monoisotopic (exact) mass is 229 g/mol. The molecule has 2 nitrogen and oxygen atoms in total. The van der Waals surface area contributed by atoms with Gasteiger partial charge in [0.1, 0.15) is 0 Å². The Morgan fingerprint density at radius 3 is 2.53 bits per heavy atom. The summed E-state index contributed by atoms with van der Waals surface area (Å²) in [6.45, 7) is 2.15. The van der Waals surface area contributed by atoms with Crippen molar-refractivity contribution < 1.29 is 4.79 Å². The summed E-state index contributed by atoms with van der Waals surface area (Å²) in [5.41, 5.74) is 2.78. The summed E-state index contributed by atoms with van der Waals surface area (Å²) in [6, 6.07) is 8.97. The molecule has 0 radical (unpaired) electrons. The molecular weight excluding hydrogens is 210 g/mol. The van der Waals surface area contributed by atoms with E-state index in [1.54, 1.807) is 0 Å². The Morgan fingerprint density at radius 1 is 1.29 bits per heavy atom. The number of amides is 1. The van der Waals surface area contributed by atoms with Crippen LogP contribution in [0, 0.1) is 0 Å². The maximum atomic E-state index is 11.3. The number of nitrogens with one attached hydrogen (secondary N) is 1. The minimum Gasteiger partial charge on any atom is -0.351 e. The Hall–Kier alpha value is -1.31. The molecular formula is C15H19NO. The molecule has 1 amide bonds. The second-order valence-corrected chi connectivity index (χ2v) is 5.80. The molecule has 90 valence electrons. The van der Waals surface area contributed by atoms with Crippen LogP contribution < -0.4 is 5.32 Å². The van der Waals surface area contributed by atoms with Crippen molar-refractivity contribution in [3.8, 4) is 0 Å². The molecule has 1 aliphatic carbocycles. The van der Waals surface area contributed by atoms with Crippen LogP contribution in [0.3, 0.4) is 0 Å². The maximum absolute atomic E-state index is 11.3. The molecule has 1 aromatic carbocycles. The molecule has 2 heteroatoms. The zero-order chi connectivity index (χ0) is 11.9. The van der Waals surface area contributed by atoms with Crippen molar-refractivity contribution in [3.63, 3.8) is 0 Å². The van der Waals surface area contributed by atoms with Gasteiger partial charge in [-0.1, -0.05) is 24.3 Å². The van der Waals surface area contributed by atoms with Gasteiger partial charge >= 0.3 is 0 Å². The molecule has 2 fully saturated rings. The van der Waals surface area contributed by atoms with Crippen LogP contribution in [-0.4, -0.2) is 11.4 Å². The first-order valence-electron chi connectivity index (χ1n) is 6.54. The van der Waals surface area contributed by atoms with Crippen LogP contribution in [-0.2, 0) is 11.2 Å². The van der Waals surface area contributed by atoms with Gasteiger partial charge in [-0.2, -0.15) is 0 Å². The van der Waals surface area contributed by atoms with E-state index in [1.807, 2.05) is 0 Å². The van der Waals surface area contributed by atoms with E-state index in [9.17, 15) is 4.79 Å². The average Bonchev–Trinajstić information content (AvgIpc) is 3.07. The molecule has 1 saturated carbocycles. The fourth-order valence-corrected chi connectivity index (χ4v) is 2.76. The molecule has 1 unspecified atom stereocenters. The standard InChI is InChI=1S/C15H19NO/c1-15(9-8-14(17)16-15)10-11-2-4-12(5-3-11)13-6-7-13/h2-5,13H,6-10H2,1H3,(H,16,17). The first-order valence-corrected chi connectivity index (χ1v) is 6.54. The third-order valence-electron chi connectivity index (χ3n) is 3.97. The highest BCUT2D eigenvalue weighted by molar-refractivity contribution is 5.79. The molecule has 2 aliphatic rings.